The molecule has 8 heteroatoms. The van der Waals surface area contributed by atoms with Gasteiger partial charge in [-0.3, -0.25) is 4.79 Å². The van der Waals surface area contributed by atoms with Crippen LogP contribution in [0.3, 0.4) is 0 Å². The van der Waals surface area contributed by atoms with Gasteiger partial charge in [-0.1, -0.05) is 13.8 Å². The van der Waals surface area contributed by atoms with Gasteiger partial charge in [-0.05, 0) is 42.7 Å². The molecule has 0 aliphatic heterocycles. The van der Waals surface area contributed by atoms with Crippen LogP contribution in [-0.2, 0) is 17.8 Å². The highest BCUT2D eigenvalue weighted by molar-refractivity contribution is 7.15. The molecule has 5 atom stereocenters. The molecule has 2 heterocycles. The van der Waals surface area contributed by atoms with Crippen molar-refractivity contribution in [1.29, 1.82) is 0 Å². The van der Waals surface area contributed by atoms with Gasteiger partial charge in [0, 0.05) is 29.7 Å². The lowest BCUT2D eigenvalue weighted by Crippen LogP contribution is -2.57. The molecule has 2 aromatic heterocycles. The van der Waals surface area contributed by atoms with Gasteiger partial charge in [0.25, 0.3) is 0 Å². The summed E-state index contributed by atoms with van der Waals surface area (Å²) in [5.74, 6) is 0.676. The third-order valence-electron chi connectivity index (χ3n) is 7.54. The van der Waals surface area contributed by atoms with Gasteiger partial charge in [0.05, 0.1) is 31.2 Å². The molecule has 4 N–H and O–H groups in total. The van der Waals surface area contributed by atoms with Crippen LogP contribution in [0.25, 0.3) is 0 Å². The Bertz CT molecular complexity index is 898. The first-order chi connectivity index (χ1) is 14.3. The number of aromatic nitrogens is 1. The Labute approximate surface area is 180 Å². The average Bonchev–Trinajstić information content (AvgIpc) is 3.40. The molecule has 164 valence electrons. The van der Waals surface area contributed by atoms with Gasteiger partial charge < -0.3 is 25.3 Å². The fourth-order valence-electron chi connectivity index (χ4n) is 5.61. The van der Waals surface area contributed by atoms with E-state index in [9.17, 15) is 15.0 Å². The number of aliphatic hydroxyl groups is 2. The van der Waals surface area contributed by atoms with E-state index in [1.54, 1.807) is 23.7 Å². The van der Waals surface area contributed by atoms with Gasteiger partial charge in [-0.2, -0.15) is 0 Å². The Morgan fingerprint density at radius 1 is 1.43 bits per heavy atom. The predicted octanol–water partition coefficient (Wildman–Crippen LogP) is 2.90. The second-order valence-corrected chi connectivity index (χ2v) is 10.3. The molecule has 0 spiro atoms. The molecule has 30 heavy (non-hydrogen) atoms. The monoisotopic (exact) mass is 433 g/mol. The van der Waals surface area contributed by atoms with Crippen molar-refractivity contribution in [1.82, 2.24) is 10.3 Å². The van der Waals surface area contributed by atoms with Gasteiger partial charge in [0.1, 0.15) is 5.76 Å². The van der Waals surface area contributed by atoms with Crippen LogP contribution >= 0.6 is 11.3 Å². The summed E-state index contributed by atoms with van der Waals surface area (Å²) < 4.78 is 5.32. The Morgan fingerprint density at radius 2 is 2.23 bits per heavy atom. The Hall–Kier alpha value is -1.90. The van der Waals surface area contributed by atoms with Gasteiger partial charge in [-0.25, -0.2) is 4.98 Å². The highest BCUT2D eigenvalue weighted by atomic mass is 32.1. The molecule has 2 aromatic rings. The number of furan rings is 1. The second kappa shape index (κ2) is 7.98. The van der Waals surface area contributed by atoms with E-state index in [4.69, 9.17) is 9.40 Å². The Morgan fingerprint density at radius 3 is 2.90 bits per heavy atom. The van der Waals surface area contributed by atoms with E-state index in [0.717, 1.165) is 34.3 Å². The largest absolute Gasteiger partial charge is 0.467 e. The van der Waals surface area contributed by atoms with Crippen LogP contribution in [0.15, 0.2) is 22.8 Å². The van der Waals surface area contributed by atoms with Crippen molar-refractivity contribution in [2.45, 2.75) is 58.1 Å². The summed E-state index contributed by atoms with van der Waals surface area (Å²) in [5, 5.41) is 28.0. The van der Waals surface area contributed by atoms with Crippen LogP contribution in [0, 0.1) is 16.7 Å². The standard InChI is InChI=1S/C22H31N3O4S/c1-21-7-6-17(27)22(2,12-26)16(21)10-15-19(25-20(23-3)30-15)14(21)9-18(28)24-11-13-5-4-8-29-13/h4-5,8,14,16-17,26-27H,6-7,9-12H2,1-3H3,(H,23,25)(H,24,28)/t14-,16+,17-,21+,22+/m1/s1. The molecule has 1 saturated carbocycles. The maximum atomic E-state index is 12.9. The number of carbonyl (C=O) groups is 1. The highest BCUT2D eigenvalue weighted by Crippen LogP contribution is 2.62. The zero-order valence-corrected chi connectivity index (χ0v) is 18.6. The SMILES string of the molecule is CNc1nc2c(s1)C[C@@H]1[C@](C)(CO)[C@H](O)CC[C@@]1(C)[C@@H]2CC(=O)NCc1ccco1. The third-order valence-corrected chi connectivity index (χ3v) is 8.65. The summed E-state index contributed by atoms with van der Waals surface area (Å²) in [4.78, 5) is 18.9. The summed E-state index contributed by atoms with van der Waals surface area (Å²) in [6, 6.07) is 3.64. The summed E-state index contributed by atoms with van der Waals surface area (Å²) in [5.41, 5.74) is 0.162. The van der Waals surface area contributed by atoms with Crippen LogP contribution in [0.5, 0.6) is 0 Å². The number of hydrogen-bond acceptors (Lipinski definition) is 7. The Kier molecular flexibility index (Phi) is 5.67. The van der Waals surface area contributed by atoms with E-state index < -0.39 is 11.5 Å². The molecule has 1 amide bonds. The molecule has 1 fully saturated rings. The van der Waals surface area contributed by atoms with Gasteiger partial charge in [-0.15, -0.1) is 11.3 Å². The number of nitrogens with one attached hydrogen (secondary N) is 2. The van der Waals surface area contributed by atoms with Crippen LogP contribution in [0.1, 0.15) is 55.4 Å². The molecule has 4 rings (SSSR count). The zero-order valence-electron chi connectivity index (χ0n) is 17.8. The number of thiazole rings is 1. The molecule has 7 nitrogen and oxygen atoms in total. The van der Waals surface area contributed by atoms with Crippen molar-refractivity contribution in [2.24, 2.45) is 16.7 Å². The van der Waals surface area contributed by atoms with Gasteiger partial charge in [0.15, 0.2) is 5.13 Å². The Balaban J connectivity index is 1.66. The summed E-state index contributed by atoms with van der Waals surface area (Å²) >= 11 is 1.61. The summed E-state index contributed by atoms with van der Waals surface area (Å²) in [6.45, 7) is 4.48. The van der Waals surface area contributed by atoms with Crippen molar-refractivity contribution < 1.29 is 19.4 Å². The van der Waals surface area contributed by atoms with Crippen molar-refractivity contribution >= 4 is 22.4 Å². The molecule has 2 aliphatic rings. The second-order valence-electron chi connectivity index (χ2n) is 9.17. The quantitative estimate of drug-likeness (QED) is 0.558. The highest BCUT2D eigenvalue weighted by Gasteiger charge is 2.59. The molecule has 0 unspecified atom stereocenters. The minimum absolute atomic E-state index is 0.0416. The van der Waals surface area contributed by atoms with Crippen molar-refractivity contribution in [3.05, 3.63) is 34.7 Å². The van der Waals surface area contributed by atoms with Crippen molar-refractivity contribution in [3.63, 3.8) is 0 Å². The number of nitrogens with zero attached hydrogens (tertiary/aromatic N) is 1. The van der Waals surface area contributed by atoms with Gasteiger partial charge >= 0.3 is 0 Å². The number of amides is 1. The minimum Gasteiger partial charge on any atom is -0.467 e. The fourth-order valence-corrected chi connectivity index (χ4v) is 6.63. The van der Waals surface area contributed by atoms with E-state index in [1.165, 1.54) is 0 Å². The smallest absolute Gasteiger partial charge is 0.221 e. The van der Waals surface area contributed by atoms with Crippen LogP contribution in [0.4, 0.5) is 5.13 Å². The van der Waals surface area contributed by atoms with Crippen molar-refractivity contribution in [3.8, 4) is 0 Å². The maximum Gasteiger partial charge on any atom is 0.221 e. The summed E-state index contributed by atoms with van der Waals surface area (Å²) in [6.07, 6.45) is 3.56. The number of fused-ring (bicyclic) bond motifs is 2. The van der Waals surface area contributed by atoms with E-state index in [2.05, 4.69) is 17.6 Å². The third kappa shape index (κ3) is 3.44. The first kappa shape index (κ1) is 21.3. The first-order valence-corrected chi connectivity index (χ1v) is 11.4. The predicted molar refractivity (Wildman–Crippen MR) is 115 cm³/mol. The van der Waals surface area contributed by atoms with Gasteiger partial charge in [0.2, 0.25) is 5.91 Å². The average molecular weight is 434 g/mol. The van der Waals surface area contributed by atoms with Crippen LogP contribution in [-0.4, -0.2) is 40.9 Å². The molecule has 2 aliphatic carbocycles. The normalized spacial score (nSPS) is 32.9. The van der Waals surface area contributed by atoms with E-state index in [0.29, 0.717) is 19.4 Å². The lowest BCUT2D eigenvalue weighted by atomic mass is 9.47. The first-order valence-electron chi connectivity index (χ1n) is 10.6. The molecule has 0 bridgehead atoms. The topological polar surface area (TPSA) is 108 Å². The zero-order chi connectivity index (χ0) is 21.5. The number of hydrogen-bond donors (Lipinski definition) is 4. The van der Waals surface area contributed by atoms with E-state index in [1.807, 2.05) is 20.0 Å². The minimum atomic E-state index is -0.600. The lowest BCUT2D eigenvalue weighted by Gasteiger charge is -2.58. The molecular weight excluding hydrogens is 402 g/mol. The van der Waals surface area contributed by atoms with Crippen molar-refractivity contribution in [2.75, 3.05) is 19.0 Å². The fraction of sp³-hybridized carbons (Fsp3) is 0.636. The molecular formula is C22H31N3O4S. The molecule has 0 aromatic carbocycles. The van der Waals surface area contributed by atoms with Crippen LogP contribution < -0.4 is 10.6 Å². The molecule has 0 saturated heterocycles. The number of anilines is 1. The number of aliphatic hydroxyl groups excluding tert-OH is 2. The lowest BCUT2D eigenvalue weighted by molar-refractivity contribution is -0.144. The maximum absolute atomic E-state index is 12.9. The molecule has 0 radical (unpaired) electrons. The van der Waals surface area contributed by atoms with Crippen LogP contribution in [0.2, 0.25) is 0 Å². The summed E-state index contributed by atoms with van der Waals surface area (Å²) in [7, 11) is 1.85. The van der Waals surface area contributed by atoms with E-state index in [-0.39, 0.29) is 29.8 Å². The number of rotatable bonds is 6. The number of carbonyl (C=O) groups excluding carboxylic acids is 1. The van der Waals surface area contributed by atoms with E-state index >= 15 is 0 Å².